The van der Waals surface area contributed by atoms with Crippen molar-refractivity contribution in [1.29, 1.82) is 0 Å². The van der Waals surface area contributed by atoms with Gasteiger partial charge in [-0.3, -0.25) is 19.5 Å². The van der Waals surface area contributed by atoms with Crippen molar-refractivity contribution in [2.45, 2.75) is 0 Å². The molecule has 3 aromatic rings. The van der Waals surface area contributed by atoms with Gasteiger partial charge in [0.25, 0.3) is 11.2 Å². The molecule has 2 heterocycles. The maximum absolute atomic E-state index is 12.2. The summed E-state index contributed by atoms with van der Waals surface area (Å²) in [5.41, 5.74) is 0.446. The molecule has 2 aromatic heterocycles. The Bertz CT molecular complexity index is 888. The molecule has 0 saturated heterocycles. The van der Waals surface area contributed by atoms with E-state index in [9.17, 15) is 14.9 Å². The van der Waals surface area contributed by atoms with Gasteiger partial charge >= 0.3 is 0 Å². The van der Waals surface area contributed by atoms with Crippen LogP contribution in [-0.4, -0.2) is 14.5 Å². The van der Waals surface area contributed by atoms with E-state index < -0.39 is 4.92 Å². The van der Waals surface area contributed by atoms with Gasteiger partial charge in [0.05, 0.1) is 16.2 Å². The van der Waals surface area contributed by atoms with Crippen molar-refractivity contribution in [3.63, 3.8) is 0 Å². The zero-order valence-corrected chi connectivity index (χ0v) is 11.4. The van der Waals surface area contributed by atoms with Crippen molar-refractivity contribution < 1.29 is 4.92 Å². The molecular formula is C16H11N3O3. The number of hydrogen-bond donors (Lipinski definition) is 0. The second-order valence-corrected chi connectivity index (χ2v) is 4.55. The summed E-state index contributed by atoms with van der Waals surface area (Å²) in [7, 11) is 0. The number of nitro benzene ring substituents is 1. The van der Waals surface area contributed by atoms with Gasteiger partial charge < -0.3 is 0 Å². The highest BCUT2D eigenvalue weighted by Crippen LogP contribution is 2.29. The molecular weight excluding hydrogens is 282 g/mol. The van der Waals surface area contributed by atoms with Crippen LogP contribution in [-0.2, 0) is 0 Å². The Morgan fingerprint density at radius 1 is 0.955 bits per heavy atom. The minimum atomic E-state index is -0.463. The van der Waals surface area contributed by atoms with Gasteiger partial charge in [-0.05, 0) is 24.3 Å². The molecule has 0 aliphatic carbocycles. The molecule has 108 valence electrons. The lowest BCUT2D eigenvalue weighted by Gasteiger charge is -2.11. The molecule has 0 aliphatic rings. The Hall–Kier alpha value is -3.28. The van der Waals surface area contributed by atoms with Crippen molar-refractivity contribution >= 4 is 5.69 Å². The molecule has 0 N–H and O–H groups in total. The molecule has 6 nitrogen and oxygen atoms in total. The van der Waals surface area contributed by atoms with Crippen molar-refractivity contribution in [2.24, 2.45) is 0 Å². The van der Waals surface area contributed by atoms with Crippen LogP contribution in [0.1, 0.15) is 0 Å². The van der Waals surface area contributed by atoms with E-state index in [0.29, 0.717) is 17.1 Å². The highest BCUT2D eigenvalue weighted by Gasteiger charge is 2.18. The van der Waals surface area contributed by atoms with Crippen LogP contribution in [0.4, 0.5) is 5.69 Å². The van der Waals surface area contributed by atoms with Crippen molar-refractivity contribution in [2.75, 3.05) is 0 Å². The lowest BCUT2D eigenvalue weighted by atomic mass is 10.1. The summed E-state index contributed by atoms with van der Waals surface area (Å²) in [6.07, 6.45) is 1.57. The summed E-state index contributed by atoms with van der Waals surface area (Å²) in [6, 6.07) is 16.1. The molecule has 0 unspecified atom stereocenters. The number of aromatic nitrogens is 2. The number of rotatable bonds is 3. The van der Waals surface area contributed by atoms with Crippen LogP contribution in [0, 0.1) is 10.1 Å². The van der Waals surface area contributed by atoms with E-state index in [-0.39, 0.29) is 11.2 Å². The molecule has 0 aliphatic heterocycles. The molecule has 1 aromatic carbocycles. The zero-order chi connectivity index (χ0) is 15.5. The third-order valence-electron chi connectivity index (χ3n) is 3.21. The fourth-order valence-corrected chi connectivity index (χ4v) is 2.27. The summed E-state index contributed by atoms with van der Waals surface area (Å²) < 4.78 is 1.36. The van der Waals surface area contributed by atoms with Crippen LogP contribution in [0.5, 0.6) is 0 Å². The maximum Gasteiger partial charge on any atom is 0.278 e. The van der Waals surface area contributed by atoms with Gasteiger partial charge in [-0.1, -0.05) is 24.3 Å². The fourth-order valence-electron chi connectivity index (χ4n) is 2.27. The number of para-hydroxylation sites is 1. The van der Waals surface area contributed by atoms with Gasteiger partial charge in [0.15, 0.2) is 0 Å². The van der Waals surface area contributed by atoms with E-state index in [2.05, 4.69) is 4.98 Å². The predicted molar refractivity (Wildman–Crippen MR) is 81.9 cm³/mol. The van der Waals surface area contributed by atoms with Gasteiger partial charge in [0.2, 0.25) is 0 Å². The molecule has 3 rings (SSSR count). The van der Waals surface area contributed by atoms with Gasteiger partial charge in [0.1, 0.15) is 5.82 Å². The largest absolute Gasteiger partial charge is 0.278 e. The van der Waals surface area contributed by atoms with E-state index in [1.54, 1.807) is 54.7 Å². The van der Waals surface area contributed by atoms with E-state index >= 15 is 0 Å². The van der Waals surface area contributed by atoms with Crippen molar-refractivity contribution in [3.8, 4) is 17.1 Å². The normalized spacial score (nSPS) is 10.4. The molecule has 22 heavy (non-hydrogen) atoms. The Morgan fingerprint density at radius 3 is 2.45 bits per heavy atom. The van der Waals surface area contributed by atoms with Gasteiger partial charge in [-0.2, -0.15) is 0 Å². The molecule has 6 heteroatoms. The van der Waals surface area contributed by atoms with Crippen molar-refractivity contribution in [1.82, 2.24) is 9.55 Å². The average Bonchev–Trinajstić information content (AvgIpc) is 2.55. The summed E-state index contributed by atoms with van der Waals surface area (Å²) in [6.45, 7) is 0. The standard InChI is InChI=1S/C16H11N3O3/c20-16-10-5-8-13(18(16)15-9-3-4-11-17-15)12-6-1-2-7-14(12)19(21)22/h1-11H. The molecule has 0 saturated carbocycles. The highest BCUT2D eigenvalue weighted by atomic mass is 16.6. The maximum atomic E-state index is 12.2. The summed E-state index contributed by atoms with van der Waals surface area (Å²) >= 11 is 0. The highest BCUT2D eigenvalue weighted by molar-refractivity contribution is 5.71. The Kier molecular flexibility index (Phi) is 3.49. The minimum Gasteiger partial charge on any atom is -0.269 e. The second kappa shape index (κ2) is 5.61. The van der Waals surface area contributed by atoms with Crippen LogP contribution < -0.4 is 5.56 Å². The fraction of sp³-hybridized carbons (Fsp3) is 0. The first-order chi connectivity index (χ1) is 10.7. The van der Waals surface area contributed by atoms with Crippen LogP contribution in [0.3, 0.4) is 0 Å². The molecule has 0 fully saturated rings. The SMILES string of the molecule is O=c1cccc(-c2ccccc2[N+](=O)[O-])n1-c1ccccn1. The zero-order valence-electron chi connectivity index (χ0n) is 11.4. The third kappa shape index (κ3) is 2.37. The number of nitro groups is 1. The van der Waals surface area contributed by atoms with Gasteiger partial charge in [-0.25, -0.2) is 4.98 Å². The topological polar surface area (TPSA) is 78.0 Å². The van der Waals surface area contributed by atoms with Gasteiger partial charge in [0, 0.05) is 18.3 Å². The lowest BCUT2D eigenvalue weighted by molar-refractivity contribution is -0.384. The van der Waals surface area contributed by atoms with Gasteiger partial charge in [-0.15, -0.1) is 0 Å². The minimum absolute atomic E-state index is 0.0576. The predicted octanol–water partition coefficient (Wildman–Crippen LogP) is 2.81. The van der Waals surface area contributed by atoms with Crippen LogP contribution in [0.15, 0.2) is 71.7 Å². The summed E-state index contributed by atoms with van der Waals surface area (Å²) in [4.78, 5) is 27.2. The van der Waals surface area contributed by atoms with Crippen molar-refractivity contribution in [3.05, 3.63) is 87.3 Å². The first kappa shape index (κ1) is 13.7. The molecule has 0 atom stereocenters. The molecule has 0 radical (unpaired) electrons. The first-order valence-electron chi connectivity index (χ1n) is 6.56. The summed E-state index contributed by atoms with van der Waals surface area (Å²) in [5, 5.41) is 11.2. The number of nitrogens with zero attached hydrogens (tertiary/aromatic N) is 3. The number of hydrogen-bond acceptors (Lipinski definition) is 4. The average molecular weight is 293 g/mol. The van der Waals surface area contributed by atoms with Crippen LogP contribution in [0.25, 0.3) is 17.1 Å². The van der Waals surface area contributed by atoms with E-state index in [0.717, 1.165) is 0 Å². The molecule has 0 amide bonds. The van der Waals surface area contributed by atoms with E-state index in [1.165, 1.54) is 16.7 Å². The Labute approximate surface area is 125 Å². The van der Waals surface area contributed by atoms with E-state index in [1.807, 2.05) is 0 Å². The quantitative estimate of drug-likeness (QED) is 0.549. The van der Waals surface area contributed by atoms with Crippen LogP contribution >= 0.6 is 0 Å². The number of benzene rings is 1. The second-order valence-electron chi connectivity index (χ2n) is 4.55. The van der Waals surface area contributed by atoms with E-state index in [4.69, 9.17) is 0 Å². The first-order valence-corrected chi connectivity index (χ1v) is 6.56. The summed E-state index contributed by atoms with van der Waals surface area (Å²) in [5.74, 6) is 0.418. The molecule has 0 bridgehead atoms. The molecule has 0 spiro atoms. The third-order valence-corrected chi connectivity index (χ3v) is 3.21. The monoisotopic (exact) mass is 293 g/mol. The Morgan fingerprint density at radius 2 is 1.73 bits per heavy atom. The number of pyridine rings is 2. The lowest BCUT2D eigenvalue weighted by Crippen LogP contribution is -2.19. The smallest absolute Gasteiger partial charge is 0.269 e. The Balaban J connectivity index is 2.33. The van der Waals surface area contributed by atoms with Crippen LogP contribution in [0.2, 0.25) is 0 Å².